The van der Waals surface area contributed by atoms with Crippen molar-refractivity contribution < 1.29 is 9.59 Å². The summed E-state index contributed by atoms with van der Waals surface area (Å²) in [7, 11) is 0. The maximum Gasteiger partial charge on any atom is 0.324 e. The number of imide groups is 1. The van der Waals surface area contributed by atoms with Crippen LogP contribution in [-0.2, 0) is 4.79 Å². The Bertz CT molecular complexity index is 912. The highest BCUT2D eigenvalue weighted by molar-refractivity contribution is 7.99. The molecule has 0 aromatic carbocycles. The predicted molar refractivity (Wildman–Crippen MR) is 113 cm³/mol. The van der Waals surface area contributed by atoms with Gasteiger partial charge < -0.3 is 5.32 Å². The molecule has 3 heterocycles. The molecule has 2 saturated carbocycles. The SMILES string of the molecule is CC(C1CC2CCC1C2)n1c(SCC(=O)N2CCNC2=O)nnc1-c1cccs1. The summed E-state index contributed by atoms with van der Waals surface area (Å²) >= 11 is 3.06. The highest BCUT2D eigenvalue weighted by Crippen LogP contribution is 2.53. The number of carbonyl (C=O) groups is 2. The molecule has 3 fully saturated rings. The maximum atomic E-state index is 12.5. The molecule has 1 aliphatic heterocycles. The first kappa shape index (κ1) is 19.1. The number of hydrogen-bond acceptors (Lipinski definition) is 6. The summed E-state index contributed by atoms with van der Waals surface area (Å²) in [6.45, 7) is 3.24. The number of thiophene rings is 1. The molecular formula is C20H25N5O2S2. The Morgan fingerprint density at radius 2 is 2.28 bits per heavy atom. The van der Waals surface area contributed by atoms with Crippen molar-refractivity contribution in [1.29, 1.82) is 0 Å². The molecule has 2 aliphatic carbocycles. The minimum absolute atomic E-state index is 0.176. The molecule has 154 valence electrons. The topological polar surface area (TPSA) is 80.1 Å². The van der Waals surface area contributed by atoms with Gasteiger partial charge in [0.25, 0.3) is 0 Å². The van der Waals surface area contributed by atoms with E-state index >= 15 is 0 Å². The molecule has 2 bridgehead atoms. The van der Waals surface area contributed by atoms with Crippen molar-refractivity contribution in [3.63, 3.8) is 0 Å². The quantitative estimate of drug-likeness (QED) is 0.706. The first-order chi connectivity index (χ1) is 14.1. The zero-order chi connectivity index (χ0) is 20.0. The summed E-state index contributed by atoms with van der Waals surface area (Å²) in [5.74, 6) is 3.22. The highest BCUT2D eigenvalue weighted by atomic mass is 32.2. The Morgan fingerprint density at radius 3 is 2.93 bits per heavy atom. The third kappa shape index (κ3) is 3.48. The van der Waals surface area contributed by atoms with Crippen LogP contribution in [0.1, 0.15) is 38.6 Å². The number of hydrogen-bond donors (Lipinski definition) is 1. The average molecular weight is 432 g/mol. The lowest BCUT2D eigenvalue weighted by molar-refractivity contribution is -0.124. The lowest BCUT2D eigenvalue weighted by Crippen LogP contribution is -2.35. The first-order valence-corrected chi connectivity index (χ1v) is 12.2. The van der Waals surface area contributed by atoms with Crippen molar-refractivity contribution in [2.24, 2.45) is 17.8 Å². The molecule has 7 nitrogen and oxygen atoms in total. The highest BCUT2D eigenvalue weighted by Gasteiger charge is 2.43. The van der Waals surface area contributed by atoms with Crippen LogP contribution in [0.2, 0.25) is 0 Å². The van der Waals surface area contributed by atoms with Crippen LogP contribution >= 0.6 is 23.1 Å². The van der Waals surface area contributed by atoms with Gasteiger partial charge in [0.2, 0.25) is 5.91 Å². The third-order valence-electron chi connectivity index (χ3n) is 6.71. The van der Waals surface area contributed by atoms with Gasteiger partial charge in [-0.1, -0.05) is 24.2 Å². The summed E-state index contributed by atoms with van der Waals surface area (Å²) in [6, 6.07) is 4.10. The van der Waals surface area contributed by atoms with E-state index in [9.17, 15) is 9.59 Å². The van der Waals surface area contributed by atoms with Gasteiger partial charge in [0, 0.05) is 19.1 Å². The Hall–Kier alpha value is -1.87. The van der Waals surface area contributed by atoms with Crippen LogP contribution in [-0.4, -0.2) is 50.4 Å². The van der Waals surface area contributed by atoms with E-state index in [0.29, 0.717) is 25.0 Å². The van der Waals surface area contributed by atoms with Crippen LogP contribution in [0.15, 0.2) is 22.7 Å². The number of urea groups is 1. The second kappa shape index (κ2) is 7.75. The second-order valence-electron chi connectivity index (χ2n) is 8.30. The number of amides is 3. The monoisotopic (exact) mass is 431 g/mol. The first-order valence-electron chi connectivity index (χ1n) is 10.3. The molecule has 1 N–H and O–H groups in total. The van der Waals surface area contributed by atoms with E-state index in [1.54, 1.807) is 11.3 Å². The van der Waals surface area contributed by atoms with Gasteiger partial charge >= 0.3 is 6.03 Å². The van der Waals surface area contributed by atoms with E-state index in [2.05, 4.69) is 38.5 Å². The van der Waals surface area contributed by atoms with Crippen molar-refractivity contribution in [2.45, 2.75) is 43.8 Å². The number of fused-ring (bicyclic) bond motifs is 2. The van der Waals surface area contributed by atoms with E-state index in [0.717, 1.165) is 27.7 Å². The Kier molecular flexibility index (Phi) is 5.11. The maximum absolute atomic E-state index is 12.5. The number of aromatic nitrogens is 3. The normalized spacial score (nSPS) is 26.9. The van der Waals surface area contributed by atoms with Gasteiger partial charge in [0.1, 0.15) is 0 Å². The zero-order valence-corrected chi connectivity index (χ0v) is 18.0. The van der Waals surface area contributed by atoms with Gasteiger partial charge in [-0.25, -0.2) is 4.79 Å². The molecular weight excluding hydrogens is 406 g/mol. The number of nitrogens with zero attached hydrogens (tertiary/aromatic N) is 4. The summed E-state index contributed by atoms with van der Waals surface area (Å²) < 4.78 is 2.25. The van der Waals surface area contributed by atoms with E-state index in [1.807, 2.05) is 6.07 Å². The number of rotatable bonds is 6. The number of carbonyl (C=O) groups excluding carboxylic acids is 2. The predicted octanol–water partition coefficient (Wildman–Crippen LogP) is 3.65. The van der Waals surface area contributed by atoms with E-state index in [1.165, 1.54) is 42.3 Å². The molecule has 9 heteroatoms. The largest absolute Gasteiger partial charge is 0.336 e. The molecule has 1 saturated heterocycles. The molecule has 4 unspecified atom stereocenters. The van der Waals surface area contributed by atoms with Crippen LogP contribution in [0.4, 0.5) is 4.79 Å². The molecule has 29 heavy (non-hydrogen) atoms. The molecule has 2 aromatic heterocycles. The Balaban J connectivity index is 1.39. The summed E-state index contributed by atoms with van der Waals surface area (Å²) in [6.07, 6.45) is 5.35. The number of nitrogens with one attached hydrogen (secondary N) is 1. The van der Waals surface area contributed by atoms with Crippen LogP contribution in [0.5, 0.6) is 0 Å². The summed E-state index contributed by atoms with van der Waals surface area (Å²) in [5.41, 5.74) is 0. The molecule has 2 aromatic rings. The van der Waals surface area contributed by atoms with Crippen molar-refractivity contribution in [3.05, 3.63) is 17.5 Å². The van der Waals surface area contributed by atoms with Gasteiger partial charge in [0.15, 0.2) is 11.0 Å². The average Bonchev–Trinajstić information content (AvgIpc) is 3.53. The van der Waals surface area contributed by atoms with Crippen molar-refractivity contribution in [1.82, 2.24) is 25.0 Å². The van der Waals surface area contributed by atoms with Crippen molar-refractivity contribution in [3.8, 4) is 10.7 Å². The van der Waals surface area contributed by atoms with Crippen LogP contribution in [0, 0.1) is 17.8 Å². The van der Waals surface area contributed by atoms with Crippen LogP contribution in [0.3, 0.4) is 0 Å². The smallest absolute Gasteiger partial charge is 0.324 e. The molecule has 4 atom stereocenters. The van der Waals surface area contributed by atoms with Gasteiger partial charge in [-0.3, -0.25) is 14.3 Å². The fraction of sp³-hybridized carbons (Fsp3) is 0.600. The molecule has 3 amide bonds. The van der Waals surface area contributed by atoms with E-state index in [4.69, 9.17) is 0 Å². The van der Waals surface area contributed by atoms with E-state index in [-0.39, 0.29) is 17.7 Å². The van der Waals surface area contributed by atoms with Crippen LogP contribution < -0.4 is 5.32 Å². The molecule has 3 aliphatic rings. The van der Waals surface area contributed by atoms with Crippen LogP contribution in [0.25, 0.3) is 10.7 Å². The van der Waals surface area contributed by atoms with E-state index < -0.39 is 0 Å². The lowest BCUT2D eigenvalue weighted by atomic mass is 9.84. The third-order valence-corrected chi connectivity index (χ3v) is 8.50. The molecule has 0 spiro atoms. The van der Waals surface area contributed by atoms with Crippen molar-refractivity contribution in [2.75, 3.05) is 18.8 Å². The fourth-order valence-corrected chi connectivity index (χ4v) is 6.91. The number of thioether (sulfide) groups is 1. The lowest BCUT2D eigenvalue weighted by Gasteiger charge is -2.30. The van der Waals surface area contributed by atoms with Gasteiger partial charge in [0.05, 0.1) is 10.6 Å². The van der Waals surface area contributed by atoms with Crippen molar-refractivity contribution >= 4 is 35.0 Å². The minimum Gasteiger partial charge on any atom is -0.336 e. The Labute approximate surface area is 178 Å². The Morgan fingerprint density at radius 1 is 1.38 bits per heavy atom. The second-order valence-corrected chi connectivity index (χ2v) is 10.2. The zero-order valence-electron chi connectivity index (χ0n) is 16.4. The molecule has 5 rings (SSSR count). The van der Waals surface area contributed by atoms with Gasteiger partial charge in [-0.2, -0.15) is 0 Å². The minimum atomic E-state index is -0.299. The molecule has 0 radical (unpaired) electrons. The fourth-order valence-electron chi connectivity index (χ4n) is 5.31. The summed E-state index contributed by atoms with van der Waals surface area (Å²) in [5, 5.41) is 14.5. The summed E-state index contributed by atoms with van der Waals surface area (Å²) in [4.78, 5) is 26.6. The van der Waals surface area contributed by atoms with Gasteiger partial charge in [-0.05, 0) is 55.4 Å². The standard InChI is InChI=1S/C20H25N5O2S2/c1-12(15-10-13-4-5-14(15)9-13)25-18(16-3-2-8-28-16)22-23-20(25)29-11-17(26)24-7-6-21-19(24)27/h2-3,8,12-15H,4-7,9-11H2,1H3,(H,21,27). The van der Waals surface area contributed by atoms with Gasteiger partial charge in [-0.15, -0.1) is 21.5 Å².